The Morgan fingerprint density at radius 1 is 1.43 bits per heavy atom. The Morgan fingerprint density at radius 2 is 2.29 bits per heavy atom. The molecule has 2 heterocycles. The van der Waals surface area contributed by atoms with Gasteiger partial charge in [0.2, 0.25) is 5.91 Å². The lowest BCUT2D eigenvalue weighted by molar-refractivity contribution is -0.116. The van der Waals surface area contributed by atoms with E-state index in [9.17, 15) is 4.79 Å². The first-order valence-electron chi connectivity index (χ1n) is 6.58. The number of fused-ring (bicyclic) bond motifs is 1. The van der Waals surface area contributed by atoms with E-state index in [-0.39, 0.29) is 5.91 Å². The summed E-state index contributed by atoms with van der Waals surface area (Å²) in [6.07, 6.45) is 2.44. The fourth-order valence-electron chi connectivity index (χ4n) is 2.18. The second kappa shape index (κ2) is 5.99. The maximum atomic E-state index is 11.9. The molecule has 0 fully saturated rings. The third kappa shape index (κ3) is 3.33. The second-order valence-corrected chi connectivity index (χ2v) is 6.58. The molecule has 0 unspecified atom stereocenters. The number of rotatable bonds is 4. The zero-order valence-electron chi connectivity index (χ0n) is 11.5. The van der Waals surface area contributed by atoms with Crippen molar-refractivity contribution in [1.29, 1.82) is 0 Å². The SMILES string of the molecule is Cc1csc(NC(=O)CCn2ccc3cc(Br)ccc32)n1. The molecule has 0 aliphatic heterocycles. The number of halogens is 1. The van der Waals surface area contributed by atoms with Crippen LogP contribution >= 0.6 is 27.3 Å². The summed E-state index contributed by atoms with van der Waals surface area (Å²) in [6, 6.07) is 8.20. The average Bonchev–Trinajstić information content (AvgIpc) is 3.02. The van der Waals surface area contributed by atoms with E-state index < -0.39 is 0 Å². The molecule has 4 nitrogen and oxygen atoms in total. The summed E-state index contributed by atoms with van der Waals surface area (Å²) in [5, 5.41) is 6.59. The van der Waals surface area contributed by atoms with Crippen molar-refractivity contribution in [2.75, 3.05) is 5.32 Å². The molecular weight excluding hydrogens is 350 g/mol. The lowest BCUT2D eigenvalue weighted by atomic mass is 10.2. The van der Waals surface area contributed by atoms with Crippen LogP contribution in [0.1, 0.15) is 12.1 Å². The Bertz CT molecular complexity index is 793. The van der Waals surface area contributed by atoms with Crippen LogP contribution in [-0.4, -0.2) is 15.5 Å². The van der Waals surface area contributed by atoms with Gasteiger partial charge in [0.25, 0.3) is 0 Å². The molecular formula is C15H14BrN3OS. The highest BCUT2D eigenvalue weighted by Gasteiger charge is 2.07. The lowest BCUT2D eigenvalue weighted by Crippen LogP contribution is -2.14. The Hall–Kier alpha value is -1.66. The summed E-state index contributed by atoms with van der Waals surface area (Å²) in [6.45, 7) is 2.57. The summed E-state index contributed by atoms with van der Waals surface area (Å²) in [7, 11) is 0. The van der Waals surface area contributed by atoms with E-state index in [1.54, 1.807) is 0 Å². The third-order valence-corrected chi connectivity index (χ3v) is 4.55. The summed E-state index contributed by atoms with van der Waals surface area (Å²) in [5.41, 5.74) is 2.06. The van der Waals surface area contributed by atoms with Crippen molar-refractivity contribution in [1.82, 2.24) is 9.55 Å². The normalized spacial score (nSPS) is 11.0. The topological polar surface area (TPSA) is 46.9 Å². The van der Waals surface area contributed by atoms with E-state index in [0.29, 0.717) is 18.1 Å². The van der Waals surface area contributed by atoms with Crippen LogP contribution in [0, 0.1) is 6.92 Å². The van der Waals surface area contributed by atoms with Crippen molar-refractivity contribution in [3.8, 4) is 0 Å². The first-order chi connectivity index (χ1) is 10.1. The smallest absolute Gasteiger partial charge is 0.227 e. The number of benzene rings is 1. The van der Waals surface area contributed by atoms with Crippen LogP contribution in [0.5, 0.6) is 0 Å². The Morgan fingerprint density at radius 3 is 3.05 bits per heavy atom. The minimum atomic E-state index is -0.0108. The van der Waals surface area contributed by atoms with Crippen LogP contribution in [0.15, 0.2) is 40.3 Å². The van der Waals surface area contributed by atoms with Gasteiger partial charge in [-0.25, -0.2) is 4.98 Å². The molecule has 2 aromatic heterocycles. The van der Waals surface area contributed by atoms with Gasteiger partial charge in [0.05, 0.1) is 5.69 Å². The van der Waals surface area contributed by atoms with E-state index in [2.05, 4.69) is 49.0 Å². The maximum absolute atomic E-state index is 11.9. The molecule has 0 aliphatic rings. The summed E-state index contributed by atoms with van der Waals surface area (Å²) >= 11 is 4.91. The van der Waals surface area contributed by atoms with Gasteiger partial charge in [-0.05, 0) is 31.2 Å². The predicted octanol–water partition coefficient (Wildman–Crippen LogP) is 4.20. The fourth-order valence-corrected chi connectivity index (χ4v) is 3.26. The Balaban J connectivity index is 1.64. The molecule has 6 heteroatoms. The van der Waals surface area contributed by atoms with E-state index in [0.717, 1.165) is 15.7 Å². The third-order valence-electron chi connectivity index (χ3n) is 3.18. The first kappa shape index (κ1) is 14.3. The van der Waals surface area contributed by atoms with Crippen molar-refractivity contribution < 1.29 is 4.79 Å². The number of amides is 1. The van der Waals surface area contributed by atoms with E-state index in [1.165, 1.54) is 16.7 Å². The van der Waals surface area contributed by atoms with Gasteiger partial charge in [-0.3, -0.25) is 4.79 Å². The van der Waals surface area contributed by atoms with Crippen molar-refractivity contribution >= 4 is 49.2 Å². The highest BCUT2D eigenvalue weighted by atomic mass is 79.9. The number of nitrogens with one attached hydrogen (secondary N) is 1. The number of thiazole rings is 1. The molecule has 1 aromatic carbocycles. The van der Waals surface area contributed by atoms with Crippen molar-refractivity contribution in [3.63, 3.8) is 0 Å². The van der Waals surface area contributed by atoms with Crippen LogP contribution in [0.25, 0.3) is 10.9 Å². The molecule has 0 radical (unpaired) electrons. The molecule has 108 valence electrons. The highest BCUT2D eigenvalue weighted by molar-refractivity contribution is 9.10. The number of carbonyl (C=O) groups excluding carboxylic acids is 1. The van der Waals surface area contributed by atoms with Crippen molar-refractivity contribution in [2.45, 2.75) is 19.9 Å². The van der Waals surface area contributed by atoms with E-state index in [1.807, 2.05) is 24.6 Å². The molecule has 1 amide bonds. The van der Waals surface area contributed by atoms with Gasteiger partial charge >= 0.3 is 0 Å². The number of carbonyl (C=O) groups is 1. The second-order valence-electron chi connectivity index (χ2n) is 4.80. The number of aryl methyl sites for hydroxylation is 2. The first-order valence-corrected chi connectivity index (χ1v) is 8.25. The van der Waals surface area contributed by atoms with Crippen LogP contribution in [0.4, 0.5) is 5.13 Å². The van der Waals surface area contributed by atoms with E-state index in [4.69, 9.17) is 0 Å². The number of hydrogen-bond acceptors (Lipinski definition) is 3. The van der Waals surface area contributed by atoms with Crippen molar-refractivity contribution in [3.05, 3.63) is 46.0 Å². The average molecular weight is 364 g/mol. The predicted molar refractivity (Wildman–Crippen MR) is 89.7 cm³/mol. The maximum Gasteiger partial charge on any atom is 0.227 e. The Labute approximate surface area is 134 Å². The number of hydrogen-bond donors (Lipinski definition) is 1. The summed E-state index contributed by atoms with van der Waals surface area (Å²) in [4.78, 5) is 16.2. The van der Waals surface area contributed by atoms with Crippen LogP contribution in [0.2, 0.25) is 0 Å². The minimum Gasteiger partial charge on any atom is -0.347 e. The summed E-state index contributed by atoms with van der Waals surface area (Å²) in [5.74, 6) is -0.0108. The summed E-state index contributed by atoms with van der Waals surface area (Å²) < 4.78 is 3.15. The fraction of sp³-hybridized carbons (Fsp3) is 0.200. The molecule has 3 rings (SSSR count). The number of anilines is 1. The molecule has 0 saturated carbocycles. The monoisotopic (exact) mass is 363 g/mol. The zero-order chi connectivity index (χ0) is 14.8. The Kier molecular flexibility index (Phi) is 4.07. The van der Waals surface area contributed by atoms with Gasteiger partial charge in [0.1, 0.15) is 0 Å². The molecule has 3 aromatic rings. The highest BCUT2D eigenvalue weighted by Crippen LogP contribution is 2.21. The van der Waals surface area contributed by atoms with Gasteiger partial charge in [0, 0.05) is 39.9 Å². The standard InChI is InChI=1S/C15H14BrN3OS/c1-10-9-21-15(17-10)18-14(20)5-7-19-6-4-11-8-12(16)2-3-13(11)19/h2-4,6,8-9H,5,7H2,1H3,(H,17,18,20). The van der Waals surface area contributed by atoms with Crippen LogP contribution in [0.3, 0.4) is 0 Å². The largest absolute Gasteiger partial charge is 0.347 e. The van der Waals surface area contributed by atoms with Gasteiger partial charge in [0.15, 0.2) is 5.13 Å². The molecule has 21 heavy (non-hydrogen) atoms. The number of nitrogens with zero attached hydrogens (tertiary/aromatic N) is 2. The van der Waals surface area contributed by atoms with Crippen molar-refractivity contribution in [2.24, 2.45) is 0 Å². The zero-order valence-corrected chi connectivity index (χ0v) is 13.9. The van der Waals surface area contributed by atoms with E-state index >= 15 is 0 Å². The number of aromatic nitrogens is 2. The molecule has 0 bridgehead atoms. The molecule has 0 atom stereocenters. The van der Waals surface area contributed by atoms with Gasteiger partial charge in [-0.1, -0.05) is 15.9 Å². The van der Waals surface area contributed by atoms with Crippen LogP contribution < -0.4 is 5.32 Å². The van der Waals surface area contributed by atoms with Gasteiger partial charge in [-0.2, -0.15) is 0 Å². The molecule has 1 N–H and O–H groups in total. The van der Waals surface area contributed by atoms with Gasteiger partial charge in [-0.15, -0.1) is 11.3 Å². The molecule has 0 spiro atoms. The molecule has 0 saturated heterocycles. The minimum absolute atomic E-state index is 0.0108. The quantitative estimate of drug-likeness (QED) is 0.754. The lowest BCUT2D eigenvalue weighted by Gasteiger charge is -2.05. The van der Waals surface area contributed by atoms with Gasteiger partial charge < -0.3 is 9.88 Å². The molecule has 0 aliphatic carbocycles. The van der Waals surface area contributed by atoms with Crippen LogP contribution in [-0.2, 0) is 11.3 Å².